The van der Waals surface area contributed by atoms with E-state index < -0.39 is 18.7 Å². The molecule has 0 saturated carbocycles. The maximum Gasteiger partial charge on any atom is 0.335 e. The highest BCUT2D eigenvalue weighted by molar-refractivity contribution is 5.95. The van der Waals surface area contributed by atoms with Gasteiger partial charge in [-0.05, 0) is 72.0 Å². The van der Waals surface area contributed by atoms with Crippen LogP contribution in [0.5, 0.6) is 0 Å². The summed E-state index contributed by atoms with van der Waals surface area (Å²) in [5, 5.41) is 0. The lowest BCUT2D eigenvalue weighted by Gasteiger charge is -2.04. The van der Waals surface area contributed by atoms with Crippen LogP contribution < -0.4 is 0 Å². The van der Waals surface area contributed by atoms with Gasteiger partial charge in [-0.1, -0.05) is 73.5 Å². The summed E-state index contributed by atoms with van der Waals surface area (Å²) in [5.74, 6) is 5.12. The molecule has 0 unspecified atom stereocenters. The SMILES string of the molecule is C=C(C)C(=O)Cc1ccc(C#Cc2ccc(-c3ccc(/C=C/C(=O)OCOC(=O)C(=C)C)cc3)cc2)cc1. The van der Waals surface area contributed by atoms with Crippen molar-refractivity contribution in [1.29, 1.82) is 0 Å². The molecule has 0 radical (unpaired) electrons. The van der Waals surface area contributed by atoms with Gasteiger partial charge in [0.15, 0.2) is 5.78 Å². The first-order valence-corrected chi connectivity index (χ1v) is 11.9. The van der Waals surface area contributed by atoms with Gasteiger partial charge in [0.05, 0.1) is 0 Å². The van der Waals surface area contributed by atoms with Crippen molar-refractivity contribution in [3.05, 3.63) is 125 Å². The molecule has 0 heterocycles. The maximum absolute atomic E-state index is 11.8. The van der Waals surface area contributed by atoms with E-state index in [-0.39, 0.29) is 11.4 Å². The first kappa shape index (κ1) is 27.6. The first-order valence-electron chi connectivity index (χ1n) is 11.9. The van der Waals surface area contributed by atoms with E-state index in [9.17, 15) is 14.4 Å². The van der Waals surface area contributed by atoms with Crippen molar-refractivity contribution in [1.82, 2.24) is 0 Å². The Balaban J connectivity index is 1.55. The Labute approximate surface area is 223 Å². The second-order valence-corrected chi connectivity index (χ2v) is 8.65. The Kier molecular flexibility index (Phi) is 9.73. The summed E-state index contributed by atoms with van der Waals surface area (Å²) in [6, 6.07) is 23.3. The van der Waals surface area contributed by atoms with E-state index in [1.165, 1.54) is 13.0 Å². The van der Waals surface area contributed by atoms with Crippen LogP contribution in [0, 0.1) is 11.8 Å². The molecule has 0 spiro atoms. The zero-order valence-corrected chi connectivity index (χ0v) is 21.5. The van der Waals surface area contributed by atoms with Crippen LogP contribution in [0.2, 0.25) is 0 Å². The lowest BCUT2D eigenvalue weighted by Crippen LogP contribution is -2.11. The molecule has 0 atom stereocenters. The number of Topliss-reactive ketones (excluding diaryl/α,β-unsaturated/α-hetero) is 1. The van der Waals surface area contributed by atoms with Gasteiger partial charge in [-0.25, -0.2) is 9.59 Å². The summed E-state index contributed by atoms with van der Waals surface area (Å²) in [6.45, 7) is 9.91. The third kappa shape index (κ3) is 8.61. The highest BCUT2D eigenvalue weighted by atomic mass is 16.7. The smallest absolute Gasteiger partial charge is 0.335 e. The number of hydrogen-bond acceptors (Lipinski definition) is 5. The molecule has 0 aliphatic carbocycles. The molecule has 0 bridgehead atoms. The van der Waals surface area contributed by atoms with Crippen molar-refractivity contribution in [2.45, 2.75) is 20.3 Å². The fourth-order valence-electron chi connectivity index (χ4n) is 3.20. The number of carbonyl (C=O) groups is 3. The molecule has 3 rings (SSSR count). The molecular formula is C33H28O5. The van der Waals surface area contributed by atoms with Crippen LogP contribution in [0.4, 0.5) is 0 Å². The molecule has 5 nitrogen and oxygen atoms in total. The number of carbonyl (C=O) groups excluding carboxylic acids is 3. The molecule has 190 valence electrons. The second kappa shape index (κ2) is 13.4. The van der Waals surface area contributed by atoms with E-state index in [1.54, 1.807) is 13.0 Å². The highest BCUT2D eigenvalue weighted by Gasteiger charge is 2.05. The third-order valence-electron chi connectivity index (χ3n) is 5.43. The molecule has 0 aliphatic heterocycles. The van der Waals surface area contributed by atoms with Gasteiger partial charge in [-0.3, -0.25) is 4.79 Å². The van der Waals surface area contributed by atoms with E-state index in [4.69, 9.17) is 9.47 Å². The number of allylic oxidation sites excluding steroid dienone is 1. The number of rotatable bonds is 9. The van der Waals surface area contributed by atoms with E-state index in [0.29, 0.717) is 12.0 Å². The minimum atomic E-state index is -0.617. The van der Waals surface area contributed by atoms with Crippen molar-refractivity contribution in [2.24, 2.45) is 0 Å². The van der Waals surface area contributed by atoms with Gasteiger partial charge in [0.1, 0.15) is 0 Å². The summed E-state index contributed by atoms with van der Waals surface area (Å²) in [4.78, 5) is 34.8. The largest absolute Gasteiger partial charge is 0.425 e. The lowest BCUT2D eigenvalue weighted by molar-refractivity contribution is -0.160. The summed E-state index contributed by atoms with van der Waals surface area (Å²) in [5.41, 5.74) is 6.38. The summed E-state index contributed by atoms with van der Waals surface area (Å²) < 4.78 is 9.55. The third-order valence-corrected chi connectivity index (χ3v) is 5.43. The van der Waals surface area contributed by atoms with Gasteiger partial charge in [0.2, 0.25) is 6.79 Å². The number of ether oxygens (including phenoxy) is 2. The van der Waals surface area contributed by atoms with Crippen LogP contribution in [-0.4, -0.2) is 24.5 Å². The fourth-order valence-corrected chi connectivity index (χ4v) is 3.20. The second-order valence-electron chi connectivity index (χ2n) is 8.65. The summed E-state index contributed by atoms with van der Waals surface area (Å²) in [7, 11) is 0. The summed E-state index contributed by atoms with van der Waals surface area (Å²) >= 11 is 0. The molecule has 0 amide bonds. The molecule has 38 heavy (non-hydrogen) atoms. The van der Waals surface area contributed by atoms with Crippen LogP contribution in [0.1, 0.15) is 36.1 Å². The van der Waals surface area contributed by atoms with Gasteiger partial charge in [0.25, 0.3) is 0 Å². The molecule has 0 fully saturated rings. The number of benzene rings is 3. The van der Waals surface area contributed by atoms with Gasteiger partial charge in [0, 0.05) is 29.2 Å². The van der Waals surface area contributed by atoms with E-state index in [2.05, 4.69) is 25.0 Å². The van der Waals surface area contributed by atoms with Crippen molar-refractivity contribution < 1.29 is 23.9 Å². The average Bonchev–Trinajstić information content (AvgIpc) is 2.92. The summed E-state index contributed by atoms with van der Waals surface area (Å²) in [6.07, 6.45) is 3.24. The molecule has 0 N–H and O–H groups in total. The lowest BCUT2D eigenvalue weighted by atomic mass is 10.0. The zero-order chi connectivity index (χ0) is 27.5. The van der Waals surface area contributed by atoms with Crippen LogP contribution in [0.25, 0.3) is 17.2 Å². The van der Waals surface area contributed by atoms with Crippen molar-refractivity contribution >= 4 is 23.8 Å². The Bertz CT molecular complexity index is 1430. The molecular weight excluding hydrogens is 476 g/mol. The van der Waals surface area contributed by atoms with E-state index in [1.807, 2.05) is 72.8 Å². The quantitative estimate of drug-likeness (QED) is 0.153. The normalized spacial score (nSPS) is 10.3. The molecule has 5 heteroatoms. The van der Waals surface area contributed by atoms with E-state index in [0.717, 1.165) is 33.4 Å². The predicted octanol–water partition coefficient (Wildman–Crippen LogP) is 6.07. The number of hydrogen-bond donors (Lipinski definition) is 0. The fraction of sp³-hybridized carbons (Fsp3) is 0.121. The van der Waals surface area contributed by atoms with E-state index >= 15 is 0 Å². The van der Waals surface area contributed by atoms with Gasteiger partial charge in [-0.15, -0.1) is 0 Å². The molecule has 3 aromatic carbocycles. The Morgan fingerprint density at radius 3 is 1.79 bits per heavy atom. The molecule has 3 aromatic rings. The van der Waals surface area contributed by atoms with Crippen molar-refractivity contribution in [3.8, 4) is 23.0 Å². The van der Waals surface area contributed by atoms with Gasteiger partial charge >= 0.3 is 11.9 Å². The van der Waals surface area contributed by atoms with Gasteiger partial charge in [-0.2, -0.15) is 0 Å². The first-order chi connectivity index (χ1) is 18.2. The van der Waals surface area contributed by atoms with Crippen molar-refractivity contribution in [3.63, 3.8) is 0 Å². The van der Waals surface area contributed by atoms with Crippen LogP contribution in [0.3, 0.4) is 0 Å². The minimum Gasteiger partial charge on any atom is -0.425 e. The Morgan fingerprint density at radius 1 is 0.737 bits per heavy atom. The monoisotopic (exact) mass is 504 g/mol. The minimum absolute atomic E-state index is 0.0375. The Morgan fingerprint density at radius 2 is 1.26 bits per heavy atom. The number of esters is 2. The molecule has 0 aromatic heterocycles. The standard InChI is InChI=1S/C33H28O5/c1-23(2)31(34)21-28-9-7-25(8-10-28)5-6-26-11-16-29(17-12-26)30-18-13-27(14-19-30)15-20-32(35)37-22-38-33(36)24(3)4/h7-20H,1,3,21-22H2,2,4H3/b20-15+. The van der Waals surface area contributed by atoms with Gasteiger partial charge < -0.3 is 9.47 Å². The van der Waals surface area contributed by atoms with Crippen LogP contribution >= 0.6 is 0 Å². The van der Waals surface area contributed by atoms with Crippen molar-refractivity contribution in [2.75, 3.05) is 6.79 Å². The predicted molar refractivity (Wildman–Crippen MR) is 149 cm³/mol. The average molecular weight is 505 g/mol. The maximum atomic E-state index is 11.8. The molecule has 0 aliphatic rings. The number of ketones is 1. The van der Waals surface area contributed by atoms with Crippen LogP contribution in [0.15, 0.2) is 103 Å². The highest BCUT2D eigenvalue weighted by Crippen LogP contribution is 2.21. The topological polar surface area (TPSA) is 69.7 Å². The zero-order valence-electron chi connectivity index (χ0n) is 21.5. The molecule has 0 saturated heterocycles. The van der Waals surface area contributed by atoms with Crippen LogP contribution in [-0.2, 0) is 30.3 Å². The Hall–Kier alpha value is -4.95.